The summed E-state index contributed by atoms with van der Waals surface area (Å²) in [5.74, 6) is -1.86. The Morgan fingerprint density at radius 1 is 1.41 bits per heavy atom. The molecule has 5 nitrogen and oxygen atoms in total. The van der Waals surface area contributed by atoms with Gasteiger partial charge in [-0.15, -0.1) is 0 Å². The second-order valence-electron chi connectivity index (χ2n) is 5.71. The molecule has 3 rings (SSSR count). The molecule has 2 heterocycles. The Hall–Kier alpha value is -1.89. The summed E-state index contributed by atoms with van der Waals surface area (Å²) in [6, 6.07) is 6.46. The number of para-hydroxylation sites is 2. The number of fused-ring (bicyclic) bond motifs is 1. The summed E-state index contributed by atoms with van der Waals surface area (Å²) in [6.07, 6.45) is -0.771. The molecule has 120 valence electrons. The Bertz CT molecular complexity index is 567. The van der Waals surface area contributed by atoms with Gasteiger partial charge in [0.1, 0.15) is 6.61 Å². The molecule has 0 bridgehead atoms. The second-order valence-corrected chi connectivity index (χ2v) is 5.71. The third-order valence-corrected chi connectivity index (χ3v) is 3.83. The van der Waals surface area contributed by atoms with Crippen molar-refractivity contribution in [2.45, 2.75) is 24.5 Å². The molecule has 0 saturated carbocycles. The largest absolute Gasteiger partial charge is 0.486 e. The molecule has 2 aliphatic rings. The van der Waals surface area contributed by atoms with E-state index in [2.05, 4.69) is 5.32 Å². The van der Waals surface area contributed by atoms with E-state index in [1.54, 1.807) is 13.1 Å². The van der Waals surface area contributed by atoms with Crippen molar-refractivity contribution < 1.29 is 23.0 Å². The van der Waals surface area contributed by atoms with Crippen molar-refractivity contribution in [1.29, 1.82) is 0 Å². The van der Waals surface area contributed by atoms with Crippen molar-refractivity contribution in [3.63, 3.8) is 0 Å². The van der Waals surface area contributed by atoms with Gasteiger partial charge in [0.2, 0.25) is 5.91 Å². The lowest BCUT2D eigenvalue weighted by molar-refractivity contribution is -0.133. The molecule has 2 atom stereocenters. The van der Waals surface area contributed by atoms with Gasteiger partial charge in [-0.25, -0.2) is 8.78 Å². The van der Waals surface area contributed by atoms with Gasteiger partial charge < -0.3 is 14.4 Å². The number of likely N-dealkylation sites (N-methyl/N-ethyl adjacent to an activating group) is 1. The predicted octanol–water partition coefficient (Wildman–Crippen LogP) is 1.28. The van der Waals surface area contributed by atoms with Crippen molar-refractivity contribution in [2.75, 3.05) is 26.7 Å². The van der Waals surface area contributed by atoms with E-state index in [9.17, 15) is 13.6 Å². The molecular formula is C15H18F2N2O3. The minimum atomic E-state index is -2.81. The van der Waals surface area contributed by atoms with Crippen molar-refractivity contribution >= 4 is 5.91 Å². The number of nitrogens with one attached hydrogen (secondary N) is 1. The molecule has 0 spiro atoms. The van der Waals surface area contributed by atoms with Gasteiger partial charge in [0.15, 0.2) is 17.6 Å². The van der Waals surface area contributed by atoms with E-state index in [-0.39, 0.29) is 18.6 Å². The van der Waals surface area contributed by atoms with Crippen LogP contribution in [-0.4, -0.2) is 55.6 Å². The van der Waals surface area contributed by atoms with Gasteiger partial charge in [0, 0.05) is 13.5 Å². The highest BCUT2D eigenvalue weighted by molar-refractivity contribution is 5.82. The van der Waals surface area contributed by atoms with Crippen LogP contribution in [0.4, 0.5) is 8.78 Å². The smallest absolute Gasteiger partial charge is 0.262 e. The molecule has 1 N–H and O–H groups in total. The number of benzene rings is 1. The van der Waals surface area contributed by atoms with Gasteiger partial charge in [-0.05, 0) is 12.1 Å². The molecule has 1 fully saturated rings. The Morgan fingerprint density at radius 2 is 2.14 bits per heavy atom. The number of carbonyl (C=O) groups is 1. The summed E-state index contributed by atoms with van der Waals surface area (Å²) in [6.45, 7) is 0.160. The molecule has 1 amide bonds. The zero-order chi connectivity index (χ0) is 15.7. The fourth-order valence-electron chi connectivity index (χ4n) is 2.70. The first-order chi connectivity index (χ1) is 10.4. The number of carbonyl (C=O) groups excluding carboxylic acids is 1. The van der Waals surface area contributed by atoms with E-state index in [0.717, 1.165) is 0 Å². The number of amides is 1. The quantitative estimate of drug-likeness (QED) is 0.913. The van der Waals surface area contributed by atoms with Crippen molar-refractivity contribution in [1.82, 2.24) is 10.2 Å². The Morgan fingerprint density at radius 3 is 2.82 bits per heavy atom. The maximum atomic E-state index is 13.2. The Kier molecular flexibility index (Phi) is 3.90. The minimum Gasteiger partial charge on any atom is -0.486 e. The van der Waals surface area contributed by atoms with Crippen LogP contribution < -0.4 is 14.8 Å². The van der Waals surface area contributed by atoms with Crippen LogP contribution in [0, 0.1) is 0 Å². The molecule has 0 radical (unpaired) electrons. The van der Waals surface area contributed by atoms with Crippen LogP contribution in [0.15, 0.2) is 24.3 Å². The first kappa shape index (κ1) is 15.0. The molecular weight excluding hydrogens is 294 g/mol. The van der Waals surface area contributed by atoms with Gasteiger partial charge in [-0.1, -0.05) is 12.1 Å². The van der Waals surface area contributed by atoms with E-state index in [1.165, 1.54) is 4.90 Å². The summed E-state index contributed by atoms with van der Waals surface area (Å²) in [5.41, 5.74) is 0. The van der Waals surface area contributed by atoms with Crippen LogP contribution >= 0.6 is 0 Å². The Labute approximate surface area is 127 Å². The van der Waals surface area contributed by atoms with E-state index in [4.69, 9.17) is 9.47 Å². The van der Waals surface area contributed by atoms with Gasteiger partial charge in [0.05, 0.1) is 19.1 Å². The average Bonchev–Trinajstić information content (AvgIpc) is 2.86. The standard InChI is InChI=1S/C15H18F2N2O3/c1-19(14(20)11-6-15(16,17)9-18-11)7-10-8-21-12-4-2-3-5-13(12)22-10/h2-5,10-11,18H,6-9H2,1H3. The van der Waals surface area contributed by atoms with E-state index >= 15 is 0 Å². The maximum Gasteiger partial charge on any atom is 0.262 e. The summed E-state index contributed by atoms with van der Waals surface area (Å²) < 4.78 is 37.7. The minimum absolute atomic E-state index is 0.289. The maximum absolute atomic E-state index is 13.2. The van der Waals surface area contributed by atoms with Crippen molar-refractivity contribution in [3.8, 4) is 11.5 Å². The third-order valence-electron chi connectivity index (χ3n) is 3.83. The number of halogens is 2. The first-order valence-corrected chi connectivity index (χ1v) is 7.19. The number of rotatable bonds is 3. The highest BCUT2D eigenvalue weighted by Crippen LogP contribution is 2.31. The lowest BCUT2D eigenvalue weighted by Crippen LogP contribution is -2.47. The summed E-state index contributed by atoms with van der Waals surface area (Å²) in [4.78, 5) is 13.6. The predicted molar refractivity (Wildman–Crippen MR) is 75.3 cm³/mol. The zero-order valence-corrected chi connectivity index (χ0v) is 12.2. The highest BCUT2D eigenvalue weighted by Gasteiger charge is 2.43. The molecule has 1 saturated heterocycles. The molecule has 0 aromatic heterocycles. The number of hydrogen-bond acceptors (Lipinski definition) is 4. The van der Waals surface area contributed by atoms with Crippen LogP contribution in [0.1, 0.15) is 6.42 Å². The van der Waals surface area contributed by atoms with Crippen LogP contribution in [0.25, 0.3) is 0 Å². The Balaban J connectivity index is 1.56. The fraction of sp³-hybridized carbons (Fsp3) is 0.533. The van der Waals surface area contributed by atoms with E-state index in [0.29, 0.717) is 18.1 Å². The van der Waals surface area contributed by atoms with Crippen LogP contribution in [0.5, 0.6) is 11.5 Å². The third kappa shape index (κ3) is 3.14. The first-order valence-electron chi connectivity index (χ1n) is 7.19. The SMILES string of the molecule is CN(CC1COc2ccccc2O1)C(=O)C1CC(F)(F)CN1. The highest BCUT2D eigenvalue weighted by atomic mass is 19.3. The van der Waals surface area contributed by atoms with Gasteiger partial charge in [-0.3, -0.25) is 10.1 Å². The van der Waals surface area contributed by atoms with Crippen LogP contribution in [0.3, 0.4) is 0 Å². The number of hydrogen-bond donors (Lipinski definition) is 1. The summed E-state index contributed by atoms with van der Waals surface area (Å²) in [7, 11) is 1.59. The number of nitrogens with zero attached hydrogens (tertiary/aromatic N) is 1. The lowest BCUT2D eigenvalue weighted by Gasteiger charge is -2.30. The molecule has 0 aliphatic carbocycles. The number of alkyl halides is 2. The molecule has 2 aliphatic heterocycles. The molecule has 1 aromatic rings. The van der Waals surface area contributed by atoms with Crippen molar-refractivity contribution in [2.24, 2.45) is 0 Å². The molecule has 1 aromatic carbocycles. The normalized spacial score (nSPS) is 25.8. The van der Waals surface area contributed by atoms with Crippen LogP contribution in [-0.2, 0) is 4.79 Å². The van der Waals surface area contributed by atoms with Gasteiger partial charge in [-0.2, -0.15) is 0 Å². The summed E-state index contributed by atoms with van der Waals surface area (Å²) in [5, 5.41) is 2.57. The molecule has 22 heavy (non-hydrogen) atoms. The number of ether oxygens (including phenoxy) is 2. The lowest BCUT2D eigenvalue weighted by atomic mass is 10.1. The monoisotopic (exact) mass is 312 g/mol. The van der Waals surface area contributed by atoms with Crippen molar-refractivity contribution in [3.05, 3.63) is 24.3 Å². The van der Waals surface area contributed by atoms with Gasteiger partial charge >= 0.3 is 0 Å². The second kappa shape index (κ2) is 5.72. The summed E-state index contributed by atoms with van der Waals surface area (Å²) >= 11 is 0. The van der Waals surface area contributed by atoms with E-state index < -0.39 is 24.9 Å². The zero-order valence-electron chi connectivity index (χ0n) is 12.2. The molecule has 7 heteroatoms. The average molecular weight is 312 g/mol. The topological polar surface area (TPSA) is 50.8 Å². The van der Waals surface area contributed by atoms with E-state index in [1.807, 2.05) is 18.2 Å². The molecule has 2 unspecified atom stereocenters. The van der Waals surface area contributed by atoms with Crippen LogP contribution in [0.2, 0.25) is 0 Å². The fourth-order valence-corrected chi connectivity index (χ4v) is 2.70. The van der Waals surface area contributed by atoms with Gasteiger partial charge in [0.25, 0.3) is 5.92 Å².